The molecule has 0 amide bonds. The number of aryl methyl sites for hydroxylation is 1. The van der Waals surface area contributed by atoms with E-state index in [0.717, 1.165) is 17.0 Å². The van der Waals surface area contributed by atoms with Crippen LogP contribution >= 0.6 is 0 Å². The SMILES string of the molecule is Cc1cc(NC2=CC(C(C)O)=CC2C(C)O)nc(N)[n+]1C. The standard InChI is InChI=1S/C15H22N4O2/c1-8-5-14(18-15(16)19(8)4)17-13-7-11(9(2)20)6-12(13)10(3)21/h5-7,9-10,12,20-21H,1-4H3,(H2,16,17,18)/p+1. The lowest BCUT2D eigenvalue weighted by atomic mass is 10.0. The molecule has 3 unspecified atom stereocenters. The van der Waals surface area contributed by atoms with Gasteiger partial charge in [0.15, 0.2) is 0 Å². The second kappa shape index (κ2) is 5.83. The lowest BCUT2D eigenvalue weighted by Gasteiger charge is -2.17. The third-order valence-electron chi connectivity index (χ3n) is 3.78. The van der Waals surface area contributed by atoms with Crippen molar-refractivity contribution in [3.8, 4) is 0 Å². The van der Waals surface area contributed by atoms with Gasteiger partial charge in [0, 0.05) is 17.7 Å². The summed E-state index contributed by atoms with van der Waals surface area (Å²) >= 11 is 0. The van der Waals surface area contributed by atoms with Crippen LogP contribution in [0.15, 0.2) is 29.5 Å². The van der Waals surface area contributed by atoms with Crippen molar-refractivity contribution in [3.63, 3.8) is 0 Å². The zero-order chi connectivity index (χ0) is 15.7. The Morgan fingerprint density at radius 3 is 2.57 bits per heavy atom. The molecule has 1 heterocycles. The van der Waals surface area contributed by atoms with Crippen molar-refractivity contribution >= 4 is 11.8 Å². The van der Waals surface area contributed by atoms with E-state index in [9.17, 15) is 10.2 Å². The van der Waals surface area contributed by atoms with Gasteiger partial charge < -0.3 is 15.5 Å². The van der Waals surface area contributed by atoms with E-state index in [1.165, 1.54) is 0 Å². The Balaban J connectivity index is 2.28. The number of aromatic nitrogens is 2. The first-order valence-corrected chi connectivity index (χ1v) is 6.99. The molecule has 0 spiro atoms. The molecule has 0 saturated carbocycles. The minimum absolute atomic E-state index is 0.188. The molecule has 5 N–H and O–H groups in total. The van der Waals surface area contributed by atoms with Crippen molar-refractivity contribution in [1.82, 2.24) is 4.98 Å². The maximum Gasteiger partial charge on any atom is 0.391 e. The summed E-state index contributed by atoms with van der Waals surface area (Å²) in [5.41, 5.74) is 8.42. The van der Waals surface area contributed by atoms with E-state index in [1.807, 2.05) is 32.2 Å². The minimum atomic E-state index is -0.570. The lowest BCUT2D eigenvalue weighted by Crippen LogP contribution is -2.37. The number of aliphatic hydroxyl groups excluding tert-OH is 2. The van der Waals surface area contributed by atoms with Gasteiger partial charge in [-0.25, -0.2) is 4.57 Å². The van der Waals surface area contributed by atoms with Gasteiger partial charge >= 0.3 is 5.95 Å². The Labute approximate surface area is 124 Å². The quantitative estimate of drug-likeness (QED) is 0.603. The molecule has 1 aromatic rings. The molecule has 1 aliphatic rings. The Morgan fingerprint density at radius 1 is 1.38 bits per heavy atom. The van der Waals surface area contributed by atoms with Gasteiger partial charge in [0.25, 0.3) is 0 Å². The van der Waals surface area contributed by atoms with Crippen molar-refractivity contribution in [2.24, 2.45) is 13.0 Å². The Hall–Kier alpha value is -1.92. The number of nitrogen functional groups attached to an aromatic ring is 1. The highest BCUT2D eigenvalue weighted by Crippen LogP contribution is 2.29. The fourth-order valence-electron chi connectivity index (χ4n) is 2.32. The Morgan fingerprint density at radius 2 is 2.05 bits per heavy atom. The highest BCUT2D eigenvalue weighted by atomic mass is 16.3. The van der Waals surface area contributed by atoms with Gasteiger partial charge in [0.1, 0.15) is 0 Å². The van der Waals surface area contributed by atoms with Gasteiger partial charge in [0.05, 0.1) is 24.9 Å². The number of nitrogens with zero attached hydrogens (tertiary/aromatic N) is 2. The summed E-state index contributed by atoms with van der Waals surface area (Å²) in [5.74, 6) is 0.848. The zero-order valence-electron chi connectivity index (χ0n) is 12.8. The predicted octanol–water partition coefficient (Wildman–Crippen LogP) is 0.410. The summed E-state index contributed by atoms with van der Waals surface area (Å²) in [5, 5.41) is 22.8. The maximum atomic E-state index is 9.90. The first kappa shape index (κ1) is 15.5. The van der Waals surface area contributed by atoms with Crippen LogP contribution in [-0.2, 0) is 7.05 Å². The molecule has 0 bridgehead atoms. The molecule has 6 heteroatoms. The van der Waals surface area contributed by atoms with Crippen molar-refractivity contribution in [2.75, 3.05) is 11.1 Å². The van der Waals surface area contributed by atoms with E-state index in [0.29, 0.717) is 11.8 Å². The number of hydrogen-bond acceptors (Lipinski definition) is 5. The van der Waals surface area contributed by atoms with E-state index in [2.05, 4.69) is 10.3 Å². The predicted molar refractivity (Wildman–Crippen MR) is 81.2 cm³/mol. The normalized spacial score (nSPS) is 20.8. The van der Waals surface area contributed by atoms with Crippen LogP contribution < -0.4 is 15.6 Å². The molecule has 0 aromatic carbocycles. The zero-order valence-corrected chi connectivity index (χ0v) is 12.8. The fraction of sp³-hybridized carbons (Fsp3) is 0.467. The van der Waals surface area contributed by atoms with Crippen LogP contribution in [0.5, 0.6) is 0 Å². The number of aliphatic hydroxyl groups is 2. The Bertz CT molecular complexity index is 583. The molecule has 0 aliphatic heterocycles. The van der Waals surface area contributed by atoms with Crippen LogP contribution in [0.4, 0.5) is 11.8 Å². The monoisotopic (exact) mass is 291 g/mol. The van der Waals surface area contributed by atoms with E-state index in [1.54, 1.807) is 18.4 Å². The number of hydrogen-bond donors (Lipinski definition) is 4. The number of nitrogens with two attached hydrogens (primary N) is 1. The summed E-state index contributed by atoms with van der Waals surface area (Å²) < 4.78 is 1.79. The van der Waals surface area contributed by atoms with Crippen LogP contribution in [-0.4, -0.2) is 27.4 Å². The molecule has 0 radical (unpaired) electrons. The van der Waals surface area contributed by atoms with Crippen molar-refractivity contribution in [2.45, 2.75) is 33.0 Å². The first-order valence-electron chi connectivity index (χ1n) is 6.99. The van der Waals surface area contributed by atoms with Gasteiger partial charge in [-0.05, 0) is 32.4 Å². The maximum absolute atomic E-state index is 9.90. The third kappa shape index (κ3) is 3.22. The average Bonchev–Trinajstić information content (AvgIpc) is 2.80. The third-order valence-corrected chi connectivity index (χ3v) is 3.78. The van der Waals surface area contributed by atoms with Crippen molar-refractivity contribution in [3.05, 3.63) is 35.2 Å². The van der Waals surface area contributed by atoms with E-state index in [4.69, 9.17) is 5.73 Å². The second-order valence-corrected chi connectivity index (χ2v) is 5.53. The van der Waals surface area contributed by atoms with Crippen molar-refractivity contribution in [1.29, 1.82) is 0 Å². The molecule has 1 aliphatic carbocycles. The molecule has 3 atom stereocenters. The lowest BCUT2D eigenvalue weighted by molar-refractivity contribution is -0.665. The summed E-state index contributed by atoms with van der Waals surface area (Å²) in [6, 6.07) is 1.89. The molecular formula is C15H23N4O2+. The first-order chi connectivity index (χ1) is 9.79. The van der Waals surface area contributed by atoms with Crippen LogP contribution in [0.25, 0.3) is 0 Å². The molecule has 21 heavy (non-hydrogen) atoms. The van der Waals surface area contributed by atoms with Crippen molar-refractivity contribution < 1.29 is 14.8 Å². The van der Waals surface area contributed by atoms with Crippen LogP contribution in [0.1, 0.15) is 19.5 Å². The van der Waals surface area contributed by atoms with Crippen LogP contribution in [0.3, 0.4) is 0 Å². The molecule has 114 valence electrons. The average molecular weight is 291 g/mol. The molecule has 0 fully saturated rings. The summed E-state index contributed by atoms with van der Waals surface area (Å²) in [7, 11) is 1.85. The Kier molecular flexibility index (Phi) is 4.29. The molecule has 0 saturated heterocycles. The van der Waals surface area contributed by atoms with Crippen LogP contribution in [0, 0.1) is 12.8 Å². The molecular weight excluding hydrogens is 268 g/mol. The van der Waals surface area contributed by atoms with Crippen LogP contribution in [0.2, 0.25) is 0 Å². The largest absolute Gasteiger partial charge is 0.392 e. The van der Waals surface area contributed by atoms with Gasteiger partial charge in [-0.15, -0.1) is 0 Å². The fourth-order valence-corrected chi connectivity index (χ4v) is 2.32. The van der Waals surface area contributed by atoms with Gasteiger partial charge in [0.2, 0.25) is 5.82 Å². The number of nitrogens with one attached hydrogen (secondary N) is 1. The molecule has 6 nitrogen and oxygen atoms in total. The van der Waals surface area contributed by atoms with Gasteiger partial charge in [-0.2, -0.15) is 0 Å². The van der Waals surface area contributed by atoms with E-state index in [-0.39, 0.29) is 5.92 Å². The highest BCUT2D eigenvalue weighted by molar-refractivity contribution is 5.50. The van der Waals surface area contributed by atoms with Gasteiger partial charge in [-0.1, -0.05) is 11.1 Å². The highest BCUT2D eigenvalue weighted by Gasteiger charge is 2.26. The number of rotatable bonds is 4. The topological polar surface area (TPSA) is 95.3 Å². The minimum Gasteiger partial charge on any atom is -0.392 e. The summed E-state index contributed by atoms with van der Waals surface area (Å²) in [6.45, 7) is 5.37. The summed E-state index contributed by atoms with van der Waals surface area (Å²) in [4.78, 5) is 4.28. The molecule has 1 aromatic heterocycles. The smallest absolute Gasteiger partial charge is 0.391 e. The van der Waals surface area contributed by atoms with Gasteiger partial charge in [-0.3, -0.25) is 5.73 Å². The van der Waals surface area contributed by atoms with E-state index < -0.39 is 12.2 Å². The summed E-state index contributed by atoms with van der Waals surface area (Å²) in [6.07, 6.45) is 2.59. The second-order valence-electron chi connectivity index (χ2n) is 5.53. The number of anilines is 2. The van der Waals surface area contributed by atoms with E-state index >= 15 is 0 Å². The molecule has 2 rings (SSSR count).